The van der Waals surface area contributed by atoms with Crippen molar-refractivity contribution in [1.82, 2.24) is 0 Å². The van der Waals surface area contributed by atoms with Crippen molar-refractivity contribution in [2.75, 3.05) is 11.4 Å². The number of nitrogens with two attached hydrogens (primary N) is 1. The number of hydrogen-bond donors (Lipinski definition) is 1. The third kappa shape index (κ3) is 2.66. The Bertz CT molecular complexity index is 403. The van der Waals surface area contributed by atoms with Gasteiger partial charge in [-0.3, -0.25) is 0 Å². The lowest BCUT2D eigenvalue weighted by atomic mass is 10.1. The maximum Gasteiger partial charge on any atom is 0.0380 e. The second-order valence-corrected chi connectivity index (χ2v) is 6.19. The van der Waals surface area contributed by atoms with Crippen molar-refractivity contribution in [3.8, 4) is 0 Å². The van der Waals surface area contributed by atoms with E-state index in [1.54, 1.807) is 0 Å². The van der Waals surface area contributed by atoms with Crippen LogP contribution in [0, 0.1) is 5.92 Å². The van der Waals surface area contributed by atoms with Crippen LogP contribution in [-0.4, -0.2) is 12.6 Å². The summed E-state index contributed by atoms with van der Waals surface area (Å²) in [6, 6.07) is 7.25. The molecule has 94 valence electrons. The molecule has 17 heavy (non-hydrogen) atoms. The summed E-state index contributed by atoms with van der Waals surface area (Å²) in [5.41, 5.74) is 8.40. The van der Waals surface area contributed by atoms with Gasteiger partial charge in [0, 0.05) is 28.8 Å². The number of rotatable bonds is 2. The number of halogens is 1. The van der Waals surface area contributed by atoms with Gasteiger partial charge in [0.25, 0.3) is 0 Å². The van der Waals surface area contributed by atoms with Gasteiger partial charge in [0.15, 0.2) is 0 Å². The van der Waals surface area contributed by atoms with Crippen LogP contribution in [0.5, 0.6) is 0 Å². The largest absolute Gasteiger partial charge is 0.369 e. The van der Waals surface area contributed by atoms with Crippen LogP contribution in [0.15, 0.2) is 22.7 Å². The average Bonchev–Trinajstić information content (AvgIpc) is 2.57. The highest BCUT2D eigenvalue weighted by molar-refractivity contribution is 9.10. The minimum Gasteiger partial charge on any atom is -0.369 e. The maximum absolute atomic E-state index is 5.92. The summed E-state index contributed by atoms with van der Waals surface area (Å²) >= 11 is 3.62. The normalized spacial score (nSPS) is 26.3. The molecule has 1 aromatic carbocycles. The lowest BCUT2D eigenvalue weighted by Crippen LogP contribution is -2.26. The van der Waals surface area contributed by atoms with E-state index in [0.717, 1.165) is 16.9 Å². The van der Waals surface area contributed by atoms with E-state index in [1.807, 2.05) is 6.92 Å². The van der Waals surface area contributed by atoms with Crippen molar-refractivity contribution in [2.24, 2.45) is 11.7 Å². The van der Waals surface area contributed by atoms with Gasteiger partial charge in [0.2, 0.25) is 0 Å². The summed E-state index contributed by atoms with van der Waals surface area (Å²) in [7, 11) is 0. The SMILES string of the molecule is CC1CC(C)N(c2ccc([C@@H](C)N)c(Br)c2)C1. The number of nitrogens with zero attached hydrogens (tertiary/aromatic N) is 1. The molecule has 2 N–H and O–H groups in total. The van der Waals surface area contributed by atoms with Crippen molar-refractivity contribution in [3.63, 3.8) is 0 Å². The summed E-state index contributed by atoms with van der Waals surface area (Å²) in [6.45, 7) is 7.80. The molecule has 0 saturated carbocycles. The molecule has 3 atom stereocenters. The Kier molecular flexibility index (Phi) is 3.79. The zero-order valence-electron chi connectivity index (χ0n) is 10.8. The molecule has 0 bridgehead atoms. The Morgan fingerprint density at radius 1 is 1.41 bits per heavy atom. The molecule has 1 aromatic rings. The summed E-state index contributed by atoms with van der Waals surface area (Å²) in [4.78, 5) is 2.49. The first-order valence-corrected chi connectivity index (χ1v) is 7.10. The molecule has 0 aromatic heterocycles. The van der Waals surface area contributed by atoms with Gasteiger partial charge < -0.3 is 10.6 Å². The molecule has 0 spiro atoms. The molecule has 0 radical (unpaired) electrons. The van der Waals surface area contributed by atoms with Crippen molar-refractivity contribution in [3.05, 3.63) is 28.2 Å². The maximum atomic E-state index is 5.92. The second-order valence-electron chi connectivity index (χ2n) is 5.34. The fourth-order valence-electron chi connectivity index (χ4n) is 2.72. The molecule has 1 aliphatic rings. The van der Waals surface area contributed by atoms with E-state index in [0.29, 0.717) is 6.04 Å². The predicted molar refractivity (Wildman–Crippen MR) is 77.3 cm³/mol. The topological polar surface area (TPSA) is 29.3 Å². The fraction of sp³-hybridized carbons (Fsp3) is 0.571. The van der Waals surface area contributed by atoms with Crippen molar-refractivity contribution >= 4 is 21.6 Å². The van der Waals surface area contributed by atoms with Crippen LogP contribution in [0.2, 0.25) is 0 Å². The minimum absolute atomic E-state index is 0.0772. The molecular formula is C14H21BrN2. The highest BCUT2D eigenvalue weighted by atomic mass is 79.9. The molecule has 3 heteroatoms. The molecule has 1 saturated heterocycles. The highest BCUT2D eigenvalue weighted by Gasteiger charge is 2.26. The van der Waals surface area contributed by atoms with Gasteiger partial charge in [-0.25, -0.2) is 0 Å². The molecule has 1 aliphatic heterocycles. The fourth-order valence-corrected chi connectivity index (χ4v) is 3.45. The Morgan fingerprint density at radius 2 is 2.12 bits per heavy atom. The van der Waals surface area contributed by atoms with E-state index in [4.69, 9.17) is 5.73 Å². The zero-order chi connectivity index (χ0) is 12.6. The van der Waals surface area contributed by atoms with E-state index in [-0.39, 0.29) is 6.04 Å². The molecule has 0 aliphatic carbocycles. The molecule has 1 fully saturated rings. The minimum atomic E-state index is 0.0772. The standard InChI is InChI=1S/C14H21BrN2/c1-9-6-10(2)17(8-9)12-4-5-13(11(3)16)14(15)7-12/h4-5,7,9-11H,6,8,16H2,1-3H3/t9?,10?,11-/m1/s1. The number of anilines is 1. The van der Waals surface area contributed by atoms with Gasteiger partial charge in [-0.15, -0.1) is 0 Å². The van der Waals surface area contributed by atoms with Crippen molar-refractivity contribution in [1.29, 1.82) is 0 Å². The smallest absolute Gasteiger partial charge is 0.0380 e. The Labute approximate surface area is 112 Å². The zero-order valence-corrected chi connectivity index (χ0v) is 12.4. The lowest BCUT2D eigenvalue weighted by molar-refractivity contribution is 0.625. The van der Waals surface area contributed by atoms with Crippen LogP contribution in [-0.2, 0) is 0 Å². The average molecular weight is 297 g/mol. The summed E-state index contributed by atoms with van der Waals surface area (Å²) in [5.74, 6) is 0.789. The molecule has 2 rings (SSSR count). The summed E-state index contributed by atoms with van der Waals surface area (Å²) in [5, 5.41) is 0. The van der Waals surface area contributed by atoms with Crippen LogP contribution < -0.4 is 10.6 Å². The molecule has 2 unspecified atom stereocenters. The van der Waals surface area contributed by atoms with Crippen LogP contribution in [0.3, 0.4) is 0 Å². The Hall–Kier alpha value is -0.540. The first-order valence-electron chi connectivity index (χ1n) is 6.30. The van der Waals surface area contributed by atoms with Gasteiger partial charge in [-0.1, -0.05) is 28.9 Å². The Balaban J connectivity index is 2.26. The first-order chi connectivity index (χ1) is 7.99. The molecular weight excluding hydrogens is 276 g/mol. The highest BCUT2D eigenvalue weighted by Crippen LogP contribution is 2.32. The van der Waals surface area contributed by atoms with Gasteiger partial charge >= 0.3 is 0 Å². The van der Waals surface area contributed by atoms with Crippen LogP contribution in [0.1, 0.15) is 38.8 Å². The summed E-state index contributed by atoms with van der Waals surface area (Å²) < 4.78 is 1.12. The van der Waals surface area contributed by atoms with E-state index in [1.165, 1.54) is 17.7 Å². The lowest BCUT2D eigenvalue weighted by Gasteiger charge is -2.25. The van der Waals surface area contributed by atoms with Crippen LogP contribution in [0.4, 0.5) is 5.69 Å². The van der Waals surface area contributed by atoms with Gasteiger partial charge in [0.1, 0.15) is 0 Å². The quantitative estimate of drug-likeness (QED) is 0.902. The van der Waals surface area contributed by atoms with Crippen LogP contribution >= 0.6 is 15.9 Å². The van der Waals surface area contributed by atoms with Crippen molar-refractivity contribution < 1.29 is 0 Å². The second kappa shape index (κ2) is 4.99. The third-order valence-electron chi connectivity index (χ3n) is 3.59. The van der Waals surface area contributed by atoms with Gasteiger partial charge in [-0.2, -0.15) is 0 Å². The monoisotopic (exact) mass is 296 g/mol. The molecule has 1 heterocycles. The number of benzene rings is 1. The van der Waals surface area contributed by atoms with Crippen molar-refractivity contribution in [2.45, 2.75) is 39.3 Å². The predicted octanol–water partition coefficient (Wildman–Crippen LogP) is 3.70. The van der Waals surface area contributed by atoms with E-state index in [9.17, 15) is 0 Å². The molecule has 2 nitrogen and oxygen atoms in total. The van der Waals surface area contributed by atoms with Gasteiger partial charge in [-0.05, 0) is 43.9 Å². The Morgan fingerprint density at radius 3 is 2.59 bits per heavy atom. The van der Waals surface area contributed by atoms with Crippen LogP contribution in [0.25, 0.3) is 0 Å². The number of hydrogen-bond acceptors (Lipinski definition) is 2. The van der Waals surface area contributed by atoms with E-state index in [2.05, 4.69) is 52.9 Å². The third-order valence-corrected chi connectivity index (χ3v) is 4.28. The first kappa shape index (κ1) is 12.9. The van der Waals surface area contributed by atoms with E-state index >= 15 is 0 Å². The molecule has 0 amide bonds. The van der Waals surface area contributed by atoms with E-state index < -0.39 is 0 Å². The van der Waals surface area contributed by atoms with Gasteiger partial charge in [0.05, 0.1) is 0 Å². The summed E-state index contributed by atoms with van der Waals surface area (Å²) in [6.07, 6.45) is 1.28.